The maximum absolute atomic E-state index is 12.0. The summed E-state index contributed by atoms with van der Waals surface area (Å²) in [6.45, 7) is 1.47. The first-order chi connectivity index (χ1) is 9.95. The van der Waals surface area contributed by atoms with Gasteiger partial charge in [0.05, 0.1) is 5.69 Å². The van der Waals surface area contributed by atoms with Crippen LogP contribution in [-0.2, 0) is 0 Å². The molecule has 0 radical (unpaired) electrons. The number of carbonyl (C=O) groups excluding carboxylic acids is 2. The second-order valence-electron chi connectivity index (χ2n) is 4.34. The molecule has 108 valence electrons. The summed E-state index contributed by atoms with van der Waals surface area (Å²) < 4.78 is 0.722. The summed E-state index contributed by atoms with van der Waals surface area (Å²) in [4.78, 5) is 23.3. The Bertz CT molecular complexity index is 704. The highest BCUT2D eigenvalue weighted by atomic mass is 79.9. The molecule has 2 aromatic carbocycles. The zero-order chi connectivity index (χ0) is 15.4. The molecule has 0 atom stereocenters. The number of nitrogens with one attached hydrogen (secondary N) is 2. The van der Waals surface area contributed by atoms with Gasteiger partial charge in [-0.3, -0.25) is 4.79 Å². The fourth-order valence-electron chi connectivity index (χ4n) is 1.69. The molecule has 6 heteroatoms. The van der Waals surface area contributed by atoms with E-state index in [-0.39, 0.29) is 5.78 Å². The molecule has 0 aliphatic rings. The first-order valence-electron chi connectivity index (χ1n) is 6.10. The second kappa shape index (κ2) is 6.74. The highest BCUT2D eigenvalue weighted by Gasteiger charge is 2.07. The van der Waals surface area contributed by atoms with Gasteiger partial charge in [-0.15, -0.1) is 0 Å². The van der Waals surface area contributed by atoms with Crippen LogP contribution in [0, 0.1) is 0 Å². The zero-order valence-corrected chi connectivity index (χ0v) is 13.5. The third-order valence-corrected chi connectivity index (χ3v) is 3.63. The van der Waals surface area contributed by atoms with Crippen LogP contribution >= 0.6 is 27.5 Å². The number of ketones is 1. The molecule has 0 heterocycles. The Balaban J connectivity index is 2.10. The summed E-state index contributed by atoms with van der Waals surface area (Å²) in [5, 5.41) is 5.87. The third kappa shape index (κ3) is 4.31. The van der Waals surface area contributed by atoms with Gasteiger partial charge in [-0.05, 0) is 53.2 Å². The van der Waals surface area contributed by atoms with Crippen molar-refractivity contribution in [1.29, 1.82) is 0 Å². The van der Waals surface area contributed by atoms with Crippen molar-refractivity contribution >= 4 is 50.7 Å². The van der Waals surface area contributed by atoms with Crippen LogP contribution in [0.2, 0.25) is 5.02 Å². The van der Waals surface area contributed by atoms with Crippen molar-refractivity contribution < 1.29 is 9.59 Å². The minimum Gasteiger partial charge on any atom is -0.308 e. The smallest absolute Gasteiger partial charge is 0.308 e. The normalized spacial score (nSPS) is 10.0. The van der Waals surface area contributed by atoms with Crippen LogP contribution in [0.25, 0.3) is 0 Å². The molecular weight excluding hydrogens is 356 g/mol. The predicted octanol–water partition coefficient (Wildman–Crippen LogP) is 4.95. The van der Waals surface area contributed by atoms with Crippen molar-refractivity contribution in [2.75, 3.05) is 10.6 Å². The second-order valence-corrected chi connectivity index (χ2v) is 5.63. The van der Waals surface area contributed by atoms with E-state index in [0.717, 1.165) is 4.47 Å². The number of rotatable bonds is 3. The number of amides is 2. The Morgan fingerprint density at radius 2 is 1.86 bits per heavy atom. The number of anilines is 2. The van der Waals surface area contributed by atoms with Gasteiger partial charge in [-0.2, -0.15) is 0 Å². The summed E-state index contributed by atoms with van der Waals surface area (Å²) >= 11 is 9.22. The van der Waals surface area contributed by atoms with Crippen LogP contribution in [0.1, 0.15) is 17.3 Å². The van der Waals surface area contributed by atoms with Crippen LogP contribution in [0.3, 0.4) is 0 Å². The van der Waals surface area contributed by atoms with E-state index in [0.29, 0.717) is 22.0 Å². The number of hydrogen-bond donors (Lipinski definition) is 2. The minimum atomic E-state index is -0.418. The van der Waals surface area contributed by atoms with Gasteiger partial charge >= 0.3 is 6.03 Å². The van der Waals surface area contributed by atoms with Crippen molar-refractivity contribution in [2.24, 2.45) is 0 Å². The Labute approximate surface area is 135 Å². The van der Waals surface area contributed by atoms with E-state index in [2.05, 4.69) is 26.6 Å². The summed E-state index contributed by atoms with van der Waals surface area (Å²) in [5.41, 5.74) is 1.64. The van der Waals surface area contributed by atoms with Crippen molar-refractivity contribution in [3.8, 4) is 0 Å². The Morgan fingerprint density at radius 3 is 2.57 bits per heavy atom. The Morgan fingerprint density at radius 1 is 1.10 bits per heavy atom. The lowest BCUT2D eigenvalue weighted by molar-refractivity contribution is 0.101. The van der Waals surface area contributed by atoms with Gasteiger partial charge in [0.2, 0.25) is 0 Å². The quantitative estimate of drug-likeness (QED) is 0.754. The number of carbonyl (C=O) groups is 2. The largest absolute Gasteiger partial charge is 0.323 e. The molecule has 0 saturated carbocycles. The van der Waals surface area contributed by atoms with E-state index in [1.165, 1.54) is 6.92 Å². The van der Waals surface area contributed by atoms with Crippen molar-refractivity contribution in [3.63, 3.8) is 0 Å². The zero-order valence-electron chi connectivity index (χ0n) is 11.1. The highest BCUT2D eigenvalue weighted by molar-refractivity contribution is 9.10. The minimum absolute atomic E-state index is 0.0587. The van der Waals surface area contributed by atoms with Gasteiger partial charge in [-0.25, -0.2) is 4.79 Å². The SMILES string of the molecule is CC(=O)c1cccc(NC(=O)Nc2cc(Cl)ccc2Br)c1. The van der Waals surface area contributed by atoms with E-state index < -0.39 is 6.03 Å². The molecular formula is C15H12BrClN2O2. The van der Waals surface area contributed by atoms with Gasteiger partial charge in [0.25, 0.3) is 0 Å². The molecule has 0 aliphatic carbocycles. The average Bonchev–Trinajstić information content (AvgIpc) is 2.43. The average molecular weight is 368 g/mol. The van der Waals surface area contributed by atoms with Gasteiger partial charge in [0.1, 0.15) is 0 Å². The summed E-state index contributed by atoms with van der Waals surface area (Å²) in [6, 6.07) is 11.4. The van der Waals surface area contributed by atoms with E-state index >= 15 is 0 Å². The van der Waals surface area contributed by atoms with Crippen LogP contribution in [-0.4, -0.2) is 11.8 Å². The first kappa shape index (κ1) is 15.5. The van der Waals surface area contributed by atoms with Crippen LogP contribution in [0.15, 0.2) is 46.9 Å². The number of Topliss-reactive ketones (excluding diaryl/α,β-unsaturated/α-hetero) is 1. The number of benzene rings is 2. The molecule has 0 spiro atoms. The summed E-state index contributed by atoms with van der Waals surface area (Å²) in [7, 11) is 0. The number of halogens is 2. The Hall–Kier alpha value is -1.85. The molecule has 0 aliphatic heterocycles. The van der Waals surface area contributed by atoms with Crippen LogP contribution < -0.4 is 10.6 Å². The van der Waals surface area contributed by atoms with Gasteiger partial charge in [-0.1, -0.05) is 23.7 Å². The maximum Gasteiger partial charge on any atom is 0.323 e. The molecule has 0 unspecified atom stereocenters. The van der Waals surface area contributed by atoms with Crippen molar-refractivity contribution in [1.82, 2.24) is 0 Å². The lowest BCUT2D eigenvalue weighted by atomic mass is 10.1. The number of urea groups is 1. The molecule has 2 rings (SSSR count). The fraction of sp³-hybridized carbons (Fsp3) is 0.0667. The van der Waals surface area contributed by atoms with E-state index in [1.54, 1.807) is 42.5 Å². The fourth-order valence-corrected chi connectivity index (χ4v) is 2.21. The molecule has 4 nitrogen and oxygen atoms in total. The number of hydrogen-bond acceptors (Lipinski definition) is 2. The van der Waals surface area contributed by atoms with Crippen molar-refractivity contribution in [2.45, 2.75) is 6.92 Å². The molecule has 2 N–H and O–H groups in total. The van der Waals surface area contributed by atoms with Crippen LogP contribution in [0.4, 0.5) is 16.2 Å². The lowest BCUT2D eigenvalue weighted by Crippen LogP contribution is -2.19. The standard InChI is InChI=1S/C15H12BrClN2O2/c1-9(20)10-3-2-4-12(7-10)18-15(21)19-14-8-11(17)5-6-13(14)16/h2-8H,1H3,(H2,18,19,21). The monoisotopic (exact) mass is 366 g/mol. The van der Waals surface area contributed by atoms with E-state index in [1.807, 2.05) is 0 Å². The highest BCUT2D eigenvalue weighted by Crippen LogP contribution is 2.26. The maximum atomic E-state index is 12.0. The molecule has 2 amide bonds. The van der Waals surface area contributed by atoms with Crippen molar-refractivity contribution in [3.05, 3.63) is 57.5 Å². The summed E-state index contributed by atoms with van der Waals surface area (Å²) in [5.74, 6) is -0.0587. The first-order valence-corrected chi connectivity index (χ1v) is 7.27. The van der Waals surface area contributed by atoms with Gasteiger partial charge < -0.3 is 10.6 Å². The predicted molar refractivity (Wildman–Crippen MR) is 88.2 cm³/mol. The third-order valence-electron chi connectivity index (χ3n) is 2.70. The summed E-state index contributed by atoms with van der Waals surface area (Å²) in [6.07, 6.45) is 0. The molecule has 21 heavy (non-hydrogen) atoms. The van der Waals surface area contributed by atoms with Crippen LogP contribution in [0.5, 0.6) is 0 Å². The van der Waals surface area contributed by atoms with Gasteiger partial charge in [0.15, 0.2) is 5.78 Å². The van der Waals surface area contributed by atoms with Gasteiger partial charge in [0, 0.05) is 20.7 Å². The molecule has 0 fully saturated rings. The lowest BCUT2D eigenvalue weighted by Gasteiger charge is -2.10. The Kier molecular flexibility index (Phi) is 4.98. The van der Waals surface area contributed by atoms with E-state index in [4.69, 9.17) is 11.6 Å². The molecule has 0 bridgehead atoms. The molecule has 0 aromatic heterocycles. The molecule has 2 aromatic rings. The van der Waals surface area contributed by atoms with E-state index in [9.17, 15) is 9.59 Å². The molecule has 0 saturated heterocycles. The topological polar surface area (TPSA) is 58.2 Å².